The smallest absolute Gasteiger partial charge is 0.264 e. The van der Waals surface area contributed by atoms with Crippen molar-refractivity contribution >= 4 is 46.2 Å². The Morgan fingerprint density at radius 1 is 1.03 bits per heavy atom. The van der Waals surface area contributed by atoms with Crippen molar-refractivity contribution < 1.29 is 14.3 Å². The summed E-state index contributed by atoms with van der Waals surface area (Å²) in [6, 6.07) is 22.6. The lowest BCUT2D eigenvalue weighted by Crippen LogP contribution is -2.19. The van der Waals surface area contributed by atoms with Gasteiger partial charge in [0.25, 0.3) is 5.91 Å². The van der Waals surface area contributed by atoms with E-state index >= 15 is 0 Å². The van der Waals surface area contributed by atoms with E-state index in [9.17, 15) is 4.79 Å². The first-order valence-corrected chi connectivity index (χ1v) is 10.7. The molecule has 0 spiro atoms. The number of aliphatic imine (C=N–C) groups is 1. The fraction of sp³-hybridized carbons (Fsp3) is 0.0833. The summed E-state index contributed by atoms with van der Waals surface area (Å²) in [5.74, 6) is 0.969. The van der Waals surface area contributed by atoms with Crippen LogP contribution in [0.25, 0.3) is 6.08 Å². The number of ether oxygens (including phenoxy) is 2. The second kappa shape index (κ2) is 9.73. The third kappa shape index (κ3) is 5.29. The second-order valence-electron chi connectivity index (χ2n) is 6.61. The van der Waals surface area contributed by atoms with E-state index in [-0.39, 0.29) is 5.91 Å². The van der Waals surface area contributed by atoms with Gasteiger partial charge in [-0.05, 0) is 53.7 Å². The number of benzene rings is 3. The normalized spacial score (nSPS) is 15.9. The van der Waals surface area contributed by atoms with Crippen LogP contribution in [-0.2, 0) is 11.4 Å². The van der Waals surface area contributed by atoms with Gasteiger partial charge in [-0.3, -0.25) is 4.79 Å². The number of hydrogen-bond acceptors (Lipinski definition) is 5. The van der Waals surface area contributed by atoms with Crippen molar-refractivity contribution in [2.24, 2.45) is 4.99 Å². The van der Waals surface area contributed by atoms with Gasteiger partial charge in [0, 0.05) is 10.6 Å². The molecule has 31 heavy (non-hydrogen) atoms. The van der Waals surface area contributed by atoms with Crippen LogP contribution in [0.5, 0.6) is 11.5 Å². The van der Waals surface area contributed by atoms with Gasteiger partial charge in [0.15, 0.2) is 16.7 Å². The molecule has 0 aliphatic carbocycles. The highest BCUT2D eigenvalue weighted by Gasteiger charge is 2.24. The molecule has 7 heteroatoms. The molecular weight excluding hydrogens is 432 g/mol. The highest BCUT2D eigenvalue weighted by atomic mass is 35.5. The van der Waals surface area contributed by atoms with Crippen molar-refractivity contribution in [1.82, 2.24) is 5.32 Å². The first-order chi connectivity index (χ1) is 15.1. The Morgan fingerprint density at radius 3 is 2.55 bits per heavy atom. The molecule has 3 aromatic carbocycles. The lowest BCUT2D eigenvalue weighted by molar-refractivity contribution is -0.115. The number of hydrogen-bond donors (Lipinski definition) is 1. The molecule has 156 valence electrons. The third-order valence-electron chi connectivity index (χ3n) is 4.45. The van der Waals surface area contributed by atoms with Crippen LogP contribution < -0.4 is 14.8 Å². The van der Waals surface area contributed by atoms with Crippen LogP contribution in [-0.4, -0.2) is 18.2 Å². The highest BCUT2D eigenvalue weighted by molar-refractivity contribution is 8.18. The van der Waals surface area contributed by atoms with Gasteiger partial charge in [-0.2, -0.15) is 0 Å². The van der Waals surface area contributed by atoms with Crippen LogP contribution in [0.15, 0.2) is 82.7 Å². The Kier molecular flexibility index (Phi) is 6.60. The maximum Gasteiger partial charge on any atom is 0.264 e. The van der Waals surface area contributed by atoms with Crippen molar-refractivity contribution in [3.05, 3.63) is 93.9 Å². The average molecular weight is 451 g/mol. The minimum Gasteiger partial charge on any atom is -0.493 e. The lowest BCUT2D eigenvalue weighted by Gasteiger charge is -2.13. The van der Waals surface area contributed by atoms with E-state index in [1.54, 1.807) is 37.5 Å². The number of nitrogens with zero attached hydrogens (tertiary/aromatic N) is 1. The standard InChI is InChI=1S/C24H19ClN2O3S/c1-29-20-9-5-8-17(22(20)30-15-16-6-3-2-4-7-16)14-21-23(28)27-24(31-21)26-19-12-10-18(25)11-13-19/h2-14H,15H2,1H3,(H,26,27,28). The van der Waals surface area contributed by atoms with Crippen molar-refractivity contribution in [2.75, 3.05) is 7.11 Å². The summed E-state index contributed by atoms with van der Waals surface area (Å²) in [5.41, 5.74) is 2.50. The molecule has 4 rings (SSSR count). The van der Waals surface area contributed by atoms with Crippen LogP contribution in [0.3, 0.4) is 0 Å². The van der Waals surface area contributed by atoms with Gasteiger partial charge >= 0.3 is 0 Å². The maximum absolute atomic E-state index is 12.5. The average Bonchev–Trinajstić information content (AvgIpc) is 3.13. The van der Waals surface area contributed by atoms with Gasteiger partial charge in [0.2, 0.25) is 0 Å². The third-order valence-corrected chi connectivity index (χ3v) is 5.61. The van der Waals surface area contributed by atoms with E-state index in [0.717, 1.165) is 11.1 Å². The SMILES string of the molecule is COc1cccc(C=C2SC(=Nc3ccc(Cl)cc3)NC2=O)c1OCc1ccccc1. The number of halogens is 1. The summed E-state index contributed by atoms with van der Waals surface area (Å²) in [6.07, 6.45) is 1.78. The van der Waals surface area contributed by atoms with Gasteiger partial charge in [-0.1, -0.05) is 54.1 Å². The molecule has 0 bridgehead atoms. The summed E-state index contributed by atoms with van der Waals surface area (Å²) in [7, 11) is 1.59. The number of amides is 1. The minimum atomic E-state index is -0.213. The number of carbonyl (C=O) groups is 1. The van der Waals surface area contributed by atoms with Crippen LogP contribution in [0.2, 0.25) is 5.02 Å². The summed E-state index contributed by atoms with van der Waals surface area (Å²) < 4.78 is 11.6. The monoisotopic (exact) mass is 450 g/mol. The first kappa shape index (κ1) is 21.0. The van der Waals surface area contributed by atoms with Crippen molar-refractivity contribution in [1.29, 1.82) is 0 Å². The fourth-order valence-corrected chi connectivity index (χ4v) is 3.90. The van der Waals surface area contributed by atoms with Crippen LogP contribution >= 0.6 is 23.4 Å². The summed E-state index contributed by atoms with van der Waals surface area (Å²) in [6.45, 7) is 0.389. The number of carbonyl (C=O) groups excluding carboxylic acids is 1. The van der Waals surface area contributed by atoms with E-state index in [1.165, 1.54) is 11.8 Å². The molecule has 0 atom stereocenters. The number of rotatable bonds is 6. The zero-order chi connectivity index (χ0) is 21.6. The van der Waals surface area contributed by atoms with E-state index in [4.69, 9.17) is 21.1 Å². The van der Waals surface area contributed by atoms with Crippen molar-refractivity contribution in [2.45, 2.75) is 6.61 Å². The highest BCUT2D eigenvalue weighted by Crippen LogP contribution is 2.36. The molecule has 3 aromatic rings. The minimum absolute atomic E-state index is 0.213. The van der Waals surface area contributed by atoms with Gasteiger partial charge < -0.3 is 14.8 Å². The Balaban J connectivity index is 1.58. The summed E-state index contributed by atoms with van der Waals surface area (Å²) >= 11 is 7.18. The Morgan fingerprint density at radius 2 is 1.81 bits per heavy atom. The number of nitrogens with one attached hydrogen (secondary N) is 1. The lowest BCUT2D eigenvalue weighted by atomic mass is 10.1. The van der Waals surface area contributed by atoms with Crippen molar-refractivity contribution in [3.8, 4) is 11.5 Å². The zero-order valence-corrected chi connectivity index (χ0v) is 18.2. The Bertz CT molecular complexity index is 1150. The van der Waals surface area contributed by atoms with Crippen LogP contribution in [0.4, 0.5) is 5.69 Å². The first-order valence-electron chi connectivity index (χ1n) is 9.51. The number of methoxy groups -OCH3 is 1. The van der Waals surface area contributed by atoms with Gasteiger partial charge in [-0.25, -0.2) is 4.99 Å². The largest absolute Gasteiger partial charge is 0.493 e. The second-order valence-corrected chi connectivity index (χ2v) is 8.08. The number of para-hydroxylation sites is 1. The number of amidine groups is 1. The molecule has 0 aromatic heterocycles. The quantitative estimate of drug-likeness (QED) is 0.481. The topological polar surface area (TPSA) is 59.9 Å². The summed E-state index contributed by atoms with van der Waals surface area (Å²) in [5, 5.41) is 3.93. The van der Waals surface area contributed by atoms with Crippen molar-refractivity contribution in [3.63, 3.8) is 0 Å². The predicted molar refractivity (Wildman–Crippen MR) is 126 cm³/mol. The Labute approximate surface area is 189 Å². The fourth-order valence-electron chi connectivity index (χ4n) is 2.95. The number of thioether (sulfide) groups is 1. The van der Waals surface area contributed by atoms with E-state index < -0.39 is 0 Å². The molecule has 5 nitrogen and oxygen atoms in total. The molecule has 1 amide bonds. The maximum atomic E-state index is 12.5. The molecule has 0 saturated carbocycles. The van der Waals surface area contributed by atoms with Crippen LogP contribution in [0.1, 0.15) is 11.1 Å². The molecule has 1 aliphatic rings. The predicted octanol–water partition coefficient (Wildman–Crippen LogP) is 5.82. The molecule has 1 fully saturated rings. The zero-order valence-electron chi connectivity index (χ0n) is 16.7. The van der Waals surface area contributed by atoms with E-state index in [2.05, 4.69) is 10.3 Å². The van der Waals surface area contributed by atoms with Crippen LogP contribution in [0, 0.1) is 0 Å². The molecule has 1 saturated heterocycles. The van der Waals surface area contributed by atoms with E-state index in [0.29, 0.717) is 38.9 Å². The van der Waals surface area contributed by atoms with Gasteiger partial charge in [-0.15, -0.1) is 0 Å². The van der Waals surface area contributed by atoms with Gasteiger partial charge in [0.05, 0.1) is 17.7 Å². The molecular formula is C24H19ClN2O3S. The molecule has 0 unspecified atom stereocenters. The molecule has 1 aliphatic heterocycles. The molecule has 1 N–H and O–H groups in total. The van der Waals surface area contributed by atoms with E-state index in [1.807, 2.05) is 48.5 Å². The summed E-state index contributed by atoms with van der Waals surface area (Å²) in [4.78, 5) is 17.5. The molecule has 1 heterocycles. The van der Waals surface area contributed by atoms with Gasteiger partial charge in [0.1, 0.15) is 6.61 Å². The molecule has 0 radical (unpaired) electrons. The Hall–Kier alpha value is -3.22.